The van der Waals surface area contributed by atoms with Gasteiger partial charge in [-0.3, -0.25) is 14.8 Å². The molecule has 4 aromatic rings. The minimum absolute atomic E-state index is 0.124. The standard InChI is InChI=1S/C29H29N3O4S2/c1-5-20-10-6-7-15-25(20)26-27(21-11-8-13-23(18-21)36-17-16-29(2,3)4)37-28(30-26)31-38(35)24-14-9-12-22(19-24)32(33)34/h5-15,18-19H,1,16-17H2,2-4H3,(H,30,31). The Morgan fingerprint density at radius 2 is 1.87 bits per heavy atom. The number of nitrogens with one attached hydrogen (secondary N) is 1. The molecule has 1 unspecified atom stereocenters. The Labute approximate surface area is 229 Å². The Morgan fingerprint density at radius 3 is 2.61 bits per heavy atom. The van der Waals surface area contributed by atoms with Crippen molar-refractivity contribution < 1.29 is 13.9 Å². The van der Waals surface area contributed by atoms with Crippen LogP contribution in [0.4, 0.5) is 10.8 Å². The molecule has 0 fully saturated rings. The second kappa shape index (κ2) is 11.7. The van der Waals surface area contributed by atoms with E-state index >= 15 is 0 Å². The summed E-state index contributed by atoms with van der Waals surface area (Å²) in [5.41, 5.74) is 3.49. The average molecular weight is 548 g/mol. The van der Waals surface area contributed by atoms with Crippen LogP contribution in [-0.4, -0.2) is 20.7 Å². The number of anilines is 1. The molecule has 9 heteroatoms. The molecule has 1 atom stereocenters. The molecule has 1 aromatic heterocycles. The van der Waals surface area contributed by atoms with Crippen molar-refractivity contribution in [1.82, 2.24) is 4.98 Å². The third kappa shape index (κ3) is 6.73. The summed E-state index contributed by atoms with van der Waals surface area (Å²) in [4.78, 5) is 16.6. The minimum atomic E-state index is -1.74. The first-order valence-electron chi connectivity index (χ1n) is 12.0. The number of non-ortho nitro benzene ring substituents is 1. The molecule has 7 nitrogen and oxygen atoms in total. The third-order valence-electron chi connectivity index (χ3n) is 5.70. The van der Waals surface area contributed by atoms with E-state index in [4.69, 9.17) is 9.72 Å². The number of nitrogens with zero attached hydrogens (tertiary/aromatic N) is 2. The summed E-state index contributed by atoms with van der Waals surface area (Å²) in [6.45, 7) is 11.1. The van der Waals surface area contributed by atoms with Gasteiger partial charge in [0.05, 0.1) is 27.0 Å². The lowest BCUT2D eigenvalue weighted by Crippen LogP contribution is -2.11. The van der Waals surface area contributed by atoms with Crippen molar-refractivity contribution in [3.05, 3.63) is 95.1 Å². The fraction of sp³-hybridized carbons (Fsp3) is 0.207. The number of nitro benzene ring substituents is 1. The van der Waals surface area contributed by atoms with Gasteiger partial charge >= 0.3 is 0 Å². The average Bonchev–Trinajstić information content (AvgIpc) is 3.31. The lowest BCUT2D eigenvalue weighted by atomic mass is 9.93. The van der Waals surface area contributed by atoms with E-state index in [1.54, 1.807) is 12.1 Å². The fourth-order valence-corrected chi connectivity index (χ4v) is 5.66. The predicted molar refractivity (Wildman–Crippen MR) is 156 cm³/mol. The first-order chi connectivity index (χ1) is 18.1. The first kappa shape index (κ1) is 27.2. The van der Waals surface area contributed by atoms with Crippen LogP contribution >= 0.6 is 11.3 Å². The molecule has 1 heterocycles. The van der Waals surface area contributed by atoms with E-state index in [-0.39, 0.29) is 11.1 Å². The monoisotopic (exact) mass is 547 g/mol. The number of ether oxygens (including phenoxy) is 1. The van der Waals surface area contributed by atoms with Crippen molar-refractivity contribution in [1.29, 1.82) is 0 Å². The molecule has 3 aromatic carbocycles. The topological polar surface area (TPSA) is 94.4 Å². The fourth-order valence-electron chi connectivity index (χ4n) is 3.69. The first-order valence-corrected chi connectivity index (χ1v) is 14.0. The largest absolute Gasteiger partial charge is 0.494 e. The van der Waals surface area contributed by atoms with Gasteiger partial charge in [-0.1, -0.05) is 87.2 Å². The number of thiazole rings is 1. The SMILES string of the molecule is C=Cc1ccccc1-c1nc(NS(=O)c2cccc([N+](=O)[O-])c2)sc1-c1cccc(OCCC(C)(C)C)c1. The summed E-state index contributed by atoms with van der Waals surface area (Å²) >= 11 is 1.36. The highest BCUT2D eigenvalue weighted by Crippen LogP contribution is 2.41. The summed E-state index contributed by atoms with van der Waals surface area (Å²) < 4.78 is 22.0. The van der Waals surface area contributed by atoms with E-state index in [1.807, 2.05) is 48.5 Å². The van der Waals surface area contributed by atoms with Gasteiger partial charge in [0.15, 0.2) is 16.1 Å². The highest BCUT2D eigenvalue weighted by molar-refractivity contribution is 7.86. The molecule has 0 aliphatic heterocycles. The van der Waals surface area contributed by atoms with Crippen molar-refractivity contribution >= 4 is 39.2 Å². The Hall–Kier alpha value is -3.82. The molecule has 0 aliphatic rings. The maximum absolute atomic E-state index is 13.1. The number of rotatable bonds is 10. The van der Waals surface area contributed by atoms with Gasteiger partial charge in [-0.15, -0.1) is 0 Å². The second-order valence-corrected chi connectivity index (χ2v) is 12.0. The van der Waals surface area contributed by atoms with Gasteiger partial charge in [0, 0.05) is 17.7 Å². The molecule has 196 valence electrons. The van der Waals surface area contributed by atoms with Crippen LogP contribution in [0.15, 0.2) is 84.3 Å². The molecule has 1 N–H and O–H groups in total. The van der Waals surface area contributed by atoms with Gasteiger partial charge in [0.25, 0.3) is 5.69 Å². The molecule has 0 saturated heterocycles. The molecule has 0 bridgehead atoms. The second-order valence-electron chi connectivity index (χ2n) is 9.80. The van der Waals surface area contributed by atoms with Crippen molar-refractivity contribution in [2.45, 2.75) is 32.1 Å². The lowest BCUT2D eigenvalue weighted by molar-refractivity contribution is -0.385. The van der Waals surface area contributed by atoms with E-state index in [9.17, 15) is 14.3 Å². The molecule has 0 spiro atoms. The quantitative estimate of drug-likeness (QED) is 0.160. The van der Waals surface area contributed by atoms with Crippen LogP contribution in [0.1, 0.15) is 32.8 Å². The normalized spacial score (nSPS) is 12.1. The summed E-state index contributed by atoms with van der Waals surface area (Å²) in [5.74, 6) is 0.762. The summed E-state index contributed by atoms with van der Waals surface area (Å²) in [6.07, 6.45) is 2.70. The van der Waals surface area contributed by atoms with Crippen molar-refractivity contribution in [2.75, 3.05) is 11.3 Å². The Morgan fingerprint density at radius 1 is 1.11 bits per heavy atom. The van der Waals surface area contributed by atoms with E-state index in [0.29, 0.717) is 16.6 Å². The highest BCUT2D eigenvalue weighted by Gasteiger charge is 2.20. The molecule has 0 saturated carbocycles. The zero-order chi connectivity index (χ0) is 27.3. The molecule has 0 aliphatic carbocycles. The van der Waals surface area contributed by atoms with Crippen molar-refractivity contribution in [3.8, 4) is 27.4 Å². The van der Waals surface area contributed by atoms with Crippen LogP contribution in [0.2, 0.25) is 0 Å². The molecule has 0 radical (unpaired) electrons. The molecular formula is C29H29N3O4S2. The van der Waals surface area contributed by atoms with Crippen LogP contribution in [0.5, 0.6) is 5.75 Å². The lowest BCUT2D eigenvalue weighted by Gasteiger charge is -2.18. The molecule has 38 heavy (non-hydrogen) atoms. The van der Waals surface area contributed by atoms with E-state index in [2.05, 4.69) is 32.1 Å². The summed E-state index contributed by atoms with van der Waals surface area (Å²) in [6, 6.07) is 21.4. The number of hydrogen-bond acceptors (Lipinski definition) is 6. The van der Waals surface area contributed by atoms with Crippen LogP contribution in [0.25, 0.3) is 27.8 Å². The number of benzene rings is 3. The van der Waals surface area contributed by atoms with Crippen LogP contribution in [0, 0.1) is 15.5 Å². The zero-order valence-electron chi connectivity index (χ0n) is 21.5. The van der Waals surface area contributed by atoms with Gasteiger partial charge in [0.1, 0.15) is 5.75 Å². The minimum Gasteiger partial charge on any atom is -0.494 e. The van der Waals surface area contributed by atoms with Gasteiger partial charge in [-0.05, 0) is 41.2 Å². The van der Waals surface area contributed by atoms with Crippen LogP contribution in [-0.2, 0) is 11.0 Å². The van der Waals surface area contributed by atoms with E-state index in [0.717, 1.165) is 39.4 Å². The van der Waals surface area contributed by atoms with Gasteiger partial charge in [-0.2, -0.15) is 0 Å². The zero-order valence-corrected chi connectivity index (χ0v) is 23.1. The molecular weight excluding hydrogens is 518 g/mol. The highest BCUT2D eigenvalue weighted by atomic mass is 32.2. The Balaban J connectivity index is 1.71. The Kier molecular flexibility index (Phi) is 8.38. The number of nitro groups is 1. The maximum Gasteiger partial charge on any atom is 0.270 e. The predicted octanol–water partition coefficient (Wildman–Crippen LogP) is 7.98. The third-order valence-corrected chi connectivity index (χ3v) is 7.91. The van der Waals surface area contributed by atoms with Crippen LogP contribution < -0.4 is 9.46 Å². The van der Waals surface area contributed by atoms with Gasteiger partial charge < -0.3 is 4.74 Å². The van der Waals surface area contributed by atoms with Gasteiger partial charge in [-0.25, -0.2) is 9.19 Å². The van der Waals surface area contributed by atoms with Crippen LogP contribution in [0.3, 0.4) is 0 Å². The van der Waals surface area contributed by atoms with E-state index in [1.165, 1.54) is 29.5 Å². The number of hydrogen-bond donors (Lipinski definition) is 1. The summed E-state index contributed by atoms with van der Waals surface area (Å²) in [7, 11) is -1.74. The molecule has 0 amide bonds. The summed E-state index contributed by atoms with van der Waals surface area (Å²) in [5, 5.41) is 11.6. The molecule has 4 rings (SSSR count). The smallest absolute Gasteiger partial charge is 0.270 e. The van der Waals surface area contributed by atoms with Crippen molar-refractivity contribution in [2.24, 2.45) is 5.41 Å². The van der Waals surface area contributed by atoms with E-state index < -0.39 is 15.9 Å². The maximum atomic E-state index is 13.1. The van der Waals surface area contributed by atoms with Crippen molar-refractivity contribution in [3.63, 3.8) is 0 Å². The number of aromatic nitrogens is 1. The Bertz CT molecular complexity index is 1490. The van der Waals surface area contributed by atoms with Gasteiger partial charge in [0.2, 0.25) is 0 Å².